The number of halogens is 1. The number of benzene rings is 2. The van der Waals surface area contributed by atoms with Gasteiger partial charge >= 0.3 is 0 Å². The number of hydrogen-bond acceptors (Lipinski definition) is 4. The Morgan fingerprint density at radius 3 is 2.38 bits per heavy atom. The quantitative estimate of drug-likeness (QED) is 0.641. The first-order chi connectivity index (χ1) is 14.0. The smallest absolute Gasteiger partial charge is 0.254 e. The average Bonchev–Trinajstić information content (AvgIpc) is 2.75. The molecule has 1 saturated heterocycles. The molecule has 0 aromatic heterocycles. The second-order valence-corrected chi connectivity index (χ2v) is 7.49. The molecule has 0 bridgehead atoms. The number of ether oxygens (including phenoxy) is 2. The summed E-state index contributed by atoms with van der Waals surface area (Å²) in [4.78, 5) is 17.3. The SMILES string of the molecule is C=CCc1cc(C(=O)N2CCN(Cc3ccc(Cl)cc3)CC2)cc(OC)c1OC. The molecule has 0 radical (unpaired) electrons. The third-order valence-electron chi connectivity index (χ3n) is 5.15. The molecule has 0 spiro atoms. The topological polar surface area (TPSA) is 42.0 Å². The maximum atomic E-state index is 13.1. The fourth-order valence-corrected chi connectivity index (χ4v) is 3.74. The fraction of sp³-hybridized carbons (Fsp3) is 0.348. The minimum absolute atomic E-state index is 0.0161. The average molecular weight is 415 g/mol. The van der Waals surface area contributed by atoms with Gasteiger partial charge in [0.15, 0.2) is 11.5 Å². The number of allylic oxidation sites excluding steroid dienone is 1. The van der Waals surface area contributed by atoms with Crippen LogP contribution in [-0.2, 0) is 13.0 Å². The molecule has 2 aromatic rings. The lowest BCUT2D eigenvalue weighted by atomic mass is 10.0. The summed E-state index contributed by atoms with van der Waals surface area (Å²) >= 11 is 5.96. The van der Waals surface area contributed by atoms with E-state index in [0.717, 1.165) is 30.2 Å². The maximum absolute atomic E-state index is 13.1. The van der Waals surface area contributed by atoms with Crippen LogP contribution >= 0.6 is 11.6 Å². The van der Waals surface area contributed by atoms with Crippen LogP contribution in [0.3, 0.4) is 0 Å². The number of piperazine rings is 1. The molecule has 1 heterocycles. The van der Waals surface area contributed by atoms with Gasteiger partial charge in [-0.2, -0.15) is 0 Å². The van der Waals surface area contributed by atoms with Gasteiger partial charge in [0, 0.05) is 48.9 Å². The first kappa shape index (κ1) is 21.2. The van der Waals surface area contributed by atoms with Crippen LogP contribution in [0, 0.1) is 0 Å². The molecule has 154 valence electrons. The second-order valence-electron chi connectivity index (χ2n) is 7.06. The molecule has 0 aliphatic carbocycles. The monoisotopic (exact) mass is 414 g/mol. The second kappa shape index (κ2) is 9.81. The van der Waals surface area contributed by atoms with Gasteiger partial charge in [-0.25, -0.2) is 0 Å². The highest BCUT2D eigenvalue weighted by atomic mass is 35.5. The molecular formula is C23H27ClN2O3. The Morgan fingerprint density at radius 1 is 1.10 bits per heavy atom. The van der Waals surface area contributed by atoms with E-state index in [2.05, 4.69) is 11.5 Å². The van der Waals surface area contributed by atoms with E-state index in [0.29, 0.717) is 36.6 Å². The predicted octanol–water partition coefficient (Wildman–Crippen LogP) is 4.04. The van der Waals surface area contributed by atoms with Crippen molar-refractivity contribution in [3.8, 4) is 11.5 Å². The van der Waals surface area contributed by atoms with Gasteiger partial charge in [0.2, 0.25) is 0 Å². The predicted molar refractivity (Wildman–Crippen MR) is 116 cm³/mol. The van der Waals surface area contributed by atoms with E-state index < -0.39 is 0 Å². The Balaban J connectivity index is 1.67. The van der Waals surface area contributed by atoms with Gasteiger partial charge < -0.3 is 14.4 Å². The Hall–Kier alpha value is -2.50. The van der Waals surface area contributed by atoms with Crippen molar-refractivity contribution in [1.82, 2.24) is 9.80 Å². The Kier molecular flexibility index (Phi) is 7.18. The number of carbonyl (C=O) groups is 1. The zero-order valence-corrected chi connectivity index (χ0v) is 17.7. The van der Waals surface area contributed by atoms with Gasteiger partial charge in [0.25, 0.3) is 5.91 Å². The lowest BCUT2D eigenvalue weighted by Crippen LogP contribution is -2.48. The standard InChI is InChI=1S/C23H27ClN2O3/c1-4-5-18-14-19(15-21(28-2)22(18)29-3)23(27)26-12-10-25(11-13-26)16-17-6-8-20(24)9-7-17/h4,6-9,14-15H,1,5,10-13,16H2,2-3H3. The summed E-state index contributed by atoms with van der Waals surface area (Å²) in [7, 11) is 3.19. The van der Waals surface area contributed by atoms with E-state index in [1.807, 2.05) is 35.2 Å². The van der Waals surface area contributed by atoms with Crippen LogP contribution in [-0.4, -0.2) is 56.1 Å². The minimum atomic E-state index is 0.0161. The number of nitrogens with zero attached hydrogens (tertiary/aromatic N) is 2. The Labute approximate surface area is 177 Å². The van der Waals surface area contributed by atoms with Crippen LogP contribution in [0.5, 0.6) is 11.5 Å². The van der Waals surface area contributed by atoms with Crippen molar-refractivity contribution in [2.24, 2.45) is 0 Å². The number of amides is 1. The highest BCUT2D eigenvalue weighted by Gasteiger charge is 2.24. The van der Waals surface area contributed by atoms with Crippen molar-refractivity contribution >= 4 is 17.5 Å². The van der Waals surface area contributed by atoms with Gasteiger partial charge in [-0.1, -0.05) is 29.8 Å². The summed E-state index contributed by atoms with van der Waals surface area (Å²) in [6.45, 7) is 7.71. The first-order valence-corrected chi connectivity index (χ1v) is 10.1. The molecule has 29 heavy (non-hydrogen) atoms. The molecule has 0 N–H and O–H groups in total. The van der Waals surface area contributed by atoms with Gasteiger partial charge in [0.1, 0.15) is 0 Å². The van der Waals surface area contributed by atoms with E-state index in [9.17, 15) is 4.79 Å². The van der Waals surface area contributed by atoms with Crippen molar-refractivity contribution in [3.63, 3.8) is 0 Å². The summed E-state index contributed by atoms with van der Waals surface area (Å²) in [6, 6.07) is 11.6. The molecule has 3 rings (SSSR count). The third-order valence-corrected chi connectivity index (χ3v) is 5.40. The highest BCUT2D eigenvalue weighted by Crippen LogP contribution is 2.33. The lowest BCUT2D eigenvalue weighted by Gasteiger charge is -2.35. The first-order valence-electron chi connectivity index (χ1n) is 9.67. The van der Waals surface area contributed by atoms with Crippen molar-refractivity contribution in [2.45, 2.75) is 13.0 Å². The van der Waals surface area contributed by atoms with Crippen LogP contribution in [0.15, 0.2) is 49.1 Å². The molecular weight excluding hydrogens is 388 g/mol. The normalized spacial score (nSPS) is 14.5. The van der Waals surface area contributed by atoms with E-state index in [1.54, 1.807) is 26.4 Å². The number of hydrogen-bond donors (Lipinski definition) is 0. The van der Waals surface area contributed by atoms with Crippen LogP contribution in [0.4, 0.5) is 0 Å². The largest absolute Gasteiger partial charge is 0.493 e. The van der Waals surface area contributed by atoms with E-state index in [-0.39, 0.29) is 5.91 Å². The summed E-state index contributed by atoms with van der Waals surface area (Å²) in [5, 5.41) is 0.745. The molecule has 1 amide bonds. The molecule has 2 aromatic carbocycles. The van der Waals surface area contributed by atoms with Crippen LogP contribution in [0.25, 0.3) is 0 Å². The zero-order chi connectivity index (χ0) is 20.8. The highest BCUT2D eigenvalue weighted by molar-refractivity contribution is 6.30. The van der Waals surface area contributed by atoms with E-state index in [1.165, 1.54) is 5.56 Å². The summed E-state index contributed by atoms with van der Waals surface area (Å²) in [5.74, 6) is 1.23. The number of methoxy groups -OCH3 is 2. The fourth-order valence-electron chi connectivity index (χ4n) is 3.61. The van der Waals surface area contributed by atoms with Crippen molar-refractivity contribution in [2.75, 3.05) is 40.4 Å². The molecule has 0 saturated carbocycles. The van der Waals surface area contributed by atoms with E-state index in [4.69, 9.17) is 21.1 Å². The van der Waals surface area contributed by atoms with Gasteiger partial charge in [0.05, 0.1) is 14.2 Å². The maximum Gasteiger partial charge on any atom is 0.254 e. The van der Waals surface area contributed by atoms with Gasteiger partial charge in [-0.3, -0.25) is 9.69 Å². The molecule has 6 heteroatoms. The van der Waals surface area contributed by atoms with Crippen LogP contribution in [0.1, 0.15) is 21.5 Å². The third kappa shape index (κ3) is 5.11. The summed E-state index contributed by atoms with van der Waals surface area (Å²) < 4.78 is 10.9. The van der Waals surface area contributed by atoms with Gasteiger partial charge in [-0.05, 0) is 36.2 Å². The molecule has 1 aliphatic heterocycles. The number of rotatable bonds is 7. The zero-order valence-electron chi connectivity index (χ0n) is 17.0. The number of carbonyl (C=O) groups excluding carboxylic acids is 1. The molecule has 5 nitrogen and oxygen atoms in total. The van der Waals surface area contributed by atoms with Crippen LogP contribution < -0.4 is 9.47 Å². The summed E-state index contributed by atoms with van der Waals surface area (Å²) in [6.07, 6.45) is 2.40. The molecule has 0 unspecified atom stereocenters. The molecule has 0 atom stereocenters. The van der Waals surface area contributed by atoms with Crippen molar-refractivity contribution in [3.05, 3.63) is 70.8 Å². The Bertz CT molecular complexity index is 859. The van der Waals surface area contributed by atoms with Crippen molar-refractivity contribution < 1.29 is 14.3 Å². The Morgan fingerprint density at radius 2 is 1.79 bits per heavy atom. The van der Waals surface area contributed by atoms with Gasteiger partial charge in [-0.15, -0.1) is 6.58 Å². The molecule has 1 fully saturated rings. The summed E-state index contributed by atoms with van der Waals surface area (Å²) in [5.41, 5.74) is 2.74. The van der Waals surface area contributed by atoms with E-state index >= 15 is 0 Å². The molecule has 1 aliphatic rings. The van der Waals surface area contributed by atoms with Crippen molar-refractivity contribution in [1.29, 1.82) is 0 Å². The minimum Gasteiger partial charge on any atom is -0.493 e. The lowest BCUT2D eigenvalue weighted by molar-refractivity contribution is 0.0628. The van der Waals surface area contributed by atoms with Crippen LogP contribution in [0.2, 0.25) is 5.02 Å².